The molecule has 0 saturated heterocycles. The molecule has 128 valence electrons. The second kappa shape index (κ2) is 6.00. The van der Waals surface area contributed by atoms with Crippen LogP contribution < -0.4 is 15.9 Å². The summed E-state index contributed by atoms with van der Waals surface area (Å²) in [5, 5.41) is 9.77. The molecule has 1 aromatic heterocycles. The minimum absolute atomic E-state index is 0.0509. The third-order valence-electron chi connectivity index (χ3n) is 4.20. The van der Waals surface area contributed by atoms with E-state index in [-0.39, 0.29) is 33.9 Å². The summed E-state index contributed by atoms with van der Waals surface area (Å²) < 4.78 is 25.3. The number of hydrogen-bond donors (Lipinski definition) is 1. The maximum Gasteiger partial charge on any atom is 0.300 e. The maximum atomic E-state index is 13.5. The average Bonchev–Trinajstić information content (AvgIpc) is 2.60. The Morgan fingerprint density at radius 1 is 1.23 bits per heavy atom. The van der Waals surface area contributed by atoms with Crippen molar-refractivity contribution in [2.75, 3.05) is 0 Å². The van der Waals surface area contributed by atoms with Crippen LogP contribution in [0.3, 0.4) is 0 Å². The van der Waals surface area contributed by atoms with Crippen molar-refractivity contribution in [2.45, 2.75) is 5.92 Å². The van der Waals surface area contributed by atoms with Crippen LogP contribution in [0.2, 0.25) is 0 Å². The lowest BCUT2D eigenvalue weighted by atomic mass is 9.84. The summed E-state index contributed by atoms with van der Waals surface area (Å²) in [5.74, 6) is -1.56. The van der Waals surface area contributed by atoms with Crippen LogP contribution in [0.25, 0.3) is 11.0 Å². The van der Waals surface area contributed by atoms with E-state index in [1.807, 2.05) is 12.1 Å². The van der Waals surface area contributed by atoms with Crippen LogP contribution in [-0.2, 0) is 0 Å². The zero-order valence-corrected chi connectivity index (χ0v) is 14.7. The molecule has 2 heterocycles. The first-order valence-electron chi connectivity index (χ1n) is 7.59. The van der Waals surface area contributed by atoms with Gasteiger partial charge in [0.25, 0.3) is 5.95 Å². The van der Waals surface area contributed by atoms with E-state index in [0.717, 1.165) is 10.5 Å². The van der Waals surface area contributed by atoms with E-state index in [1.165, 1.54) is 12.1 Å². The van der Waals surface area contributed by atoms with Crippen molar-refractivity contribution in [3.05, 3.63) is 85.6 Å². The van der Waals surface area contributed by atoms with Gasteiger partial charge in [-0.3, -0.25) is 4.79 Å². The van der Waals surface area contributed by atoms with Crippen LogP contribution in [-0.4, -0.2) is 0 Å². The number of rotatable bonds is 1. The van der Waals surface area contributed by atoms with E-state index < -0.39 is 17.2 Å². The van der Waals surface area contributed by atoms with E-state index in [4.69, 9.17) is 14.9 Å². The molecule has 2 aromatic carbocycles. The molecule has 0 radical (unpaired) electrons. The Morgan fingerprint density at radius 3 is 2.77 bits per heavy atom. The van der Waals surface area contributed by atoms with Crippen LogP contribution in [0, 0.1) is 17.1 Å². The Kier molecular flexibility index (Phi) is 3.78. The molecule has 0 fully saturated rings. The van der Waals surface area contributed by atoms with Crippen molar-refractivity contribution in [3.8, 4) is 12.0 Å². The fourth-order valence-electron chi connectivity index (χ4n) is 3.07. The number of fused-ring (bicyclic) bond motifs is 2. The van der Waals surface area contributed by atoms with E-state index in [2.05, 4.69) is 15.9 Å². The molecule has 0 amide bonds. The Hall–Kier alpha value is -3.11. The highest BCUT2D eigenvalue weighted by molar-refractivity contribution is 9.10. The lowest BCUT2D eigenvalue weighted by Gasteiger charge is -2.24. The Bertz CT molecular complexity index is 1190. The maximum absolute atomic E-state index is 13.5. The summed E-state index contributed by atoms with van der Waals surface area (Å²) in [7, 11) is 0. The van der Waals surface area contributed by atoms with E-state index >= 15 is 0 Å². The molecule has 0 aliphatic carbocycles. The molecule has 0 spiro atoms. The molecular formula is C19H10BrFN2O3. The molecule has 0 bridgehead atoms. The van der Waals surface area contributed by atoms with Crippen molar-refractivity contribution in [1.29, 1.82) is 5.26 Å². The second-order valence-corrected chi connectivity index (χ2v) is 6.67. The van der Waals surface area contributed by atoms with Gasteiger partial charge < -0.3 is 14.9 Å². The fourth-order valence-corrected chi connectivity index (χ4v) is 3.48. The number of nitriles is 1. The molecule has 4 rings (SSSR count). The van der Waals surface area contributed by atoms with Crippen LogP contribution in [0.4, 0.5) is 4.39 Å². The van der Waals surface area contributed by atoms with Crippen molar-refractivity contribution < 1.29 is 13.5 Å². The second-order valence-electron chi connectivity index (χ2n) is 5.75. The summed E-state index contributed by atoms with van der Waals surface area (Å²) in [4.78, 5) is 13.1. The summed E-state index contributed by atoms with van der Waals surface area (Å²) >= 11 is 3.39. The van der Waals surface area contributed by atoms with Gasteiger partial charge >= 0.3 is 0 Å². The highest BCUT2D eigenvalue weighted by Crippen LogP contribution is 2.41. The predicted molar refractivity (Wildman–Crippen MR) is 95.9 cm³/mol. The van der Waals surface area contributed by atoms with Gasteiger partial charge in [-0.25, -0.2) is 4.39 Å². The predicted octanol–water partition coefficient (Wildman–Crippen LogP) is 3.91. The number of benzene rings is 2. The minimum atomic E-state index is -0.744. The van der Waals surface area contributed by atoms with Crippen molar-refractivity contribution in [3.63, 3.8) is 0 Å². The number of hydrogen-bond acceptors (Lipinski definition) is 5. The zero-order valence-electron chi connectivity index (χ0n) is 13.1. The molecule has 2 N–H and O–H groups in total. The molecule has 7 heteroatoms. The van der Waals surface area contributed by atoms with Gasteiger partial charge in [-0.05, 0) is 29.8 Å². The standard InChI is InChI=1S/C19H10BrFN2O3/c20-10-3-1-2-9(6-10)15-13(8-22)18(23)26-19-16(15)17(24)12-5-4-11(21)7-14(12)25-19/h1-7,15H,23H2/t15-/m1/s1. The SMILES string of the molecule is N#CC1=C(N)Oc2oc3cc(F)ccc3c(=O)c2[C@@H]1c1cccc(Br)c1. The van der Waals surface area contributed by atoms with Crippen molar-refractivity contribution in [1.82, 2.24) is 0 Å². The van der Waals surface area contributed by atoms with Gasteiger partial charge in [0, 0.05) is 10.5 Å². The normalized spacial score (nSPS) is 16.1. The van der Waals surface area contributed by atoms with Gasteiger partial charge in [-0.15, -0.1) is 0 Å². The molecule has 0 saturated carbocycles. The highest BCUT2D eigenvalue weighted by Gasteiger charge is 2.35. The van der Waals surface area contributed by atoms with Gasteiger partial charge in [0.1, 0.15) is 23.0 Å². The van der Waals surface area contributed by atoms with Crippen molar-refractivity contribution >= 4 is 26.9 Å². The lowest BCUT2D eigenvalue weighted by Crippen LogP contribution is -2.26. The Labute approximate surface area is 155 Å². The molecule has 26 heavy (non-hydrogen) atoms. The molecule has 1 aliphatic heterocycles. The monoisotopic (exact) mass is 412 g/mol. The number of nitrogens with two attached hydrogens (primary N) is 1. The summed E-state index contributed by atoms with van der Waals surface area (Å²) in [6.45, 7) is 0. The zero-order chi connectivity index (χ0) is 18.4. The van der Waals surface area contributed by atoms with E-state index in [9.17, 15) is 14.4 Å². The first-order chi connectivity index (χ1) is 12.5. The largest absolute Gasteiger partial charge is 0.425 e. The fraction of sp³-hybridized carbons (Fsp3) is 0.0526. The smallest absolute Gasteiger partial charge is 0.300 e. The summed E-state index contributed by atoms with van der Waals surface area (Å²) in [5.41, 5.74) is 6.49. The Balaban J connectivity index is 2.08. The number of ether oxygens (including phenoxy) is 1. The molecular weight excluding hydrogens is 403 g/mol. The average molecular weight is 413 g/mol. The van der Waals surface area contributed by atoms with Crippen LogP contribution in [0.5, 0.6) is 5.95 Å². The first kappa shape index (κ1) is 16.4. The quantitative estimate of drug-likeness (QED) is 0.654. The highest BCUT2D eigenvalue weighted by atomic mass is 79.9. The molecule has 1 aliphatic rings. The first-order valence-corrected chi connectivity index (χ1v) is 8.38. The van der Waals surface area contributed by atoms with Gasteiger partial charge in [0.2, 0.25) is 11.3 Å². The minimum Gasteiger partial charge on any atom is -0.425 e. The van der Waals surface area contributed by atoms with Crippen LogP contribution in [0.15, 0.2) is 67.6 Å². The summed E-state index contributed by atoms with van der Waals surface area (Å²) in [6.07, 6.45) is 0. The topological polar surface area (TPSA) is 89.2 Å². The van der Waals surface area contributed by atoms with E-state index in [0.29, 0.717) is 5.56 Å². The van der Waals surface area contributed by atoms with Gasteiger partial charge in [-0.1, -0.05) is 28.1 Å². The number of allylic oxidation sites excluding steroid dienone is 1. The van der Waals surface area contributed by atoms with Gasteiger partial charge in [0.05, 0.1) is 16.9 Å². The number of nitrogens with zero attached hydrogens (tertiary/aromatic N) is 1. The van der Waals surface area contributed by atoms with Crippen molar-refractivity contribution in [2.24, 2.45) is 5.73 Å². The third-order valence-corrected chi connectivity index (χ3v) is 4.70. The molecule has 1 atom stereocenters. The van der Waals surface area contributed by atoms with Gasteiger partial charge in [0.15, 0.2) is 0 Å². The van der Waals surface area contributed by atoms with Crippen LogP contribution >= 0.6 is 15.9 Å². The lowest BCUT2D eigenvalue weighted by molar-refractivity contribution is 0.295. The molecule has 5 nitrogen and oxygen atoms in total. The molecule has 3 aromatic rings. The van der Waals surface area contributed by atoms with Crippen LogP contribution in [0.1, 0.15) is 17.0 Å². The van der Waals surface area contributed by atoms with Gasteiger partial charge in [-0.2, -0.15) is 5.26 Å². The summed E-state index contributed by atoms with van der Waals surface area (Å²) in [6, 6.07) is 12.8. The number of halogens is 2. The molecule has 0 unspecified atom stereocenters. The van der Waals surface area contributed by atoms with E-state index in [1.54, 1.807) is 18.2 Å². The Morgan fingerprint density at radius 2 is 2.04 bits per heavy atom. The third kappa shape index (κ3) is 2.47.